The number of nitrogens with zero attached hydrogens (tertiary/aromatic N) is 5. The second-order valence-corrected chi connectivity index (χ2v) is 11.2. The number of ether oxygens (including phenoxy) is 1. The van der Waals surface area contributed by atoms with Crippen molar-refractivity contribution in [2.45, 2.75) is 71.3 Å². The molecular weight excluding hydrogens is 516 g/mol. The first-order valence-electron chi connectivity index (χ1n) is 13.6. The van der Waals surface area contributed by atoms with Gasteiger partial charge in [-0.2, -0.15) is 4.98 Å². The van der Waals surface area contributed by atoms with Crippen molar-refractivity contribution in [3.8, 4) is 11.1 Å². The fraction of sp³-hybridized carbons (Fsp3) is 0.433. The summed E-state index contributed by atoms with van der Waals surface area (Å²) in [7, 11) is 0. The molecule has 0 radical (unpaired) electrons. The summed E-state index contributed by atoms with van der Waals surface area (Å²) in [6.07, 6.45) is 4.67. The smallest absolute Gasteiger partial charge is 0.310 e. The number of rotatable bonds is 7. The van der Waals surface area contributed by atoms with Gasteiger partial charge in [0.15, 0.2) is 5.82 Å². The Balaban J connectivity index is 1.39. The topological polar surface area (TPSA) is 94.2 Å². The molecule has 0 unspecified atom stereocenters. The molecular formula is C30H33F2N5O3. The zero-order valence-corrected chi connectivity index (χ0v) is 23.2. The van der Waals surface area contributed by atoms with E-state index in [1.807, 2.05) is 0 Å². The number of carbonyl (C=O) groups is 1. The zero-order chi connectivity index (χ0) is 28.4. The first-order valence-corrected chi connectivity index (χ1v) is 13.6. The number of hydrogen-bond acceptors (Lipinski definition) is 8. The van der Waals surface area contributed by atoms with Crippen molar-refractivity contribution in [3.05, 3.63) is 65.6 Å². The molecule has 0 amide bonds. The molecule has 3 heterocycles. The number of halogens is 2. The second kappa shape index (κ2) is 11.3. The van der Waals surface area contributed by atoms with Gasteiger partial charge in [-0.15, -0.1) is 0 Å². The fourth-order valence-electron chi connectivity index (χ4n) is 5.11. The molecule has 1 aliphatic rings. The van der Waals surface area contributed by atoms with E-state index < -0.39 is 23.2 Å². The lowest BCUT2D eigenvalue weighted by atomic mass is 9.95. The Morgan fingerprint density at radius 1 is 1.10 bits per heavy atom. The summed E-state index contributed by atoms with van der Waals surface area (Å²) in [5, 5.41) is 4.68. The number of anilines is 1. The monoisotopic (exact) mass is 549 g/mol. The number of benzene rings is 2. The van der Waals surface area contributed by atoms with E-state index >= 15 is 4.39 Å². The molecule has 4 aromatic rings. The summed E-state index contributed by atoms with van der Waals surface area (Å²) in [5.41, 5.74) is 0.812. The molecule has 2 aromatic carbocycles. The van der Waals surface area contributed by atoms with Crippen LogP contribution in [0.15, 0.2) is 41.2 Å². The molecule has 2 aromatic heterocycles. The predicted molar refractivity (Wildman–Crippen MR) is 147 cm³/mol. The molecule has 0 spiro atoms. The summed E-state index contributed by atoms with van der Waals surface area (Å²) in [4.78, 5) is 27.7. The Labute approximate surface area is 231 Å². The van der Waals surface area contributed by atoms with E-state index in [4.69, 9.17) is 9.26 Å². The largest absolute Gasteiger partial charge is 0.460 e. The highest BCUT2D eigenvalue weighted by Crippen LogP contribution is 2.36. The number of fused-ring (bicyclic) bond motifs is 1. The van der Waals surface area contributed by atoms with E-state index in [1.54, 1.807) is 32.9 Å². The van der Waals surface area contributed by atoms with Gasteiger partial charge in [0.05, 0.1) is 11.9 Å². The number of piperidine rings is 1. The van der Waals surface area contributed by atoms with Crippen LogP contribution < -0.4 is 4.90 Å². The molecule has 0 aliphatic carbocycles. The van der Waals surface area contributed by atoms with Crippen LogP contribution in [0.5, 0.6) is 0 Å². The molecule has 0 bridgehead atoms. The van der Waals surface area contributed by atoms with Crippen LogP contribution in [0.2, 0.25) is 0 Å². The van der Waals surface area contributed by atoms with Crippen LogP contribution >= 0.6 is 0 Å². The summed E-state index contributed by atoms with van der Waals surface area (Å²) in [6.45, 7) is 8.75. The average Bonchev–Trinajstić information content (AvgIpc) is 3.36. The van der Waals surface area contributed by atoms with Crippen LogP contribution in [0, 0.1) is 11.6 Å². The third-order valence-electron chi connectivity index (χ3n) is 6.88. The number of carbonyl (C=O) groups excluding carboxylic acids is 1. The van der Waals surface area contributed by atoms with Crippen LogP contribution in [0.4, 0.5) is 14.6 Å². The highest BCUT2D eigenvalue weighted by Gasteiger charge is 2.27. The van der Waals surface area contributed by atoms with Gasteiger partial charge >= 0.3 is 5.97 Å². The van der Waals surface area contributed by atoms with Crippen LogP contribution in [0.1, 0.15) is 70.2 Å². The molecule has 0 atom stereocenters. The third-order valence-corrected chi connectivity index (χ3v) is 6.88. The van der Waals surface area contributed by atoms with Gasteiger partial charge in [0, 0.05) is 41.9 Å². The van der Waals surface area contributed by atoms with E-state index in [2.05, 4.69) is 31.9 Å². The van der Waals surface area contributed by atoms with Crippen LogP contribution in [-0.2, 0) is 22.4 Å². The van der Waals surface area contributed by atoms with Crippen molar-refractivity contribution in [2.24, 2.45) is 0 Å². The summed E-state index contributed by atoms with van der Waals surface area (Å²) in [5.74, 6) is 0.643. The maximum Gasteiger partial charge on any atom is 0.310 e. The van der Waals surface area contributed by atoms with Crippen molar-refractivity contribution < 1.29 is 22.8 Å². The summed E-state index contributed by atoms with van der Waals surface area (Å²) < 4.78 is 41.0. The molecule has 0 N–H and O–H groups in total. The van der Waals surface area contributed by atoms with E-state index in [1.165, 1.54) is 24.5 Å². The van der Waals surface area contributed by atoms with E-state index in [0.717, 1.165) is 31.5 Å². The molecule has 1 saturated heterocycles. The Hall–Kier alpha value is -3.95. The summed E-state index contributed by atoms with van der Waals surface area (Å²) >= 11 is 0. The van der Waals surface area contributed by atoms with Gasteiger partial charge in [-0.3, -0.25) is 4.79 Å². The lowest BCUT2D eigenvalue weighted by molar-refractivity contribution is -0.153. The van der Waals surface area contributed by atoms with Crippen LogP contribution in [0.3, 0.4) is 0 Å². The van der Waals surface area contributed by atoms with E-state index in [0.29, 0.717) is 46.8 Å². The standard InChI is InChI=1S/C30H33F2N5O3/c1-5-6-25-35-28(36-40-25)19-9-11-37(12-10-19)29-23-16-20(31)15-22(27(23)33-17-34-29)21-8-7-18(13-24(21)32)14-26(38)39-30(2,3)4/h7-8,13,15-17,19H,5-6,9-12,14H2,1-4H3. The molecule has 40 heavy (non-hydrogen) atoms. The Morgan fingerprint density at radius 2 is 1.88 bits per heavy atom. The van der Waals surface area contributed by atoms with Crippen LogP contribution in [-0.4, -0.2) is 44.8 Å². The van der Waals surface area contributed by atoms with Gasteiger partial charge in [0.2, 0.25) is 5.89 Å². The molecule has 210 valence electrons. The van der Waals surface area contributed by atoms with Crippen molar-refractivity contribution in [1.82, 2.24) is 20.1 Å². The third kappa shape index (κ3) is 6.11. The van der Waals surface area contributed by atoms with E-state index in [9.17, 15) is 9.18 Å². The number of esters is 1. The highest BCUT2D eigenvalue weighted by atomic mass is 19.1. The lowest BCUT2D eigenvalue weighted by Crippen LogP contribution is -2.34. The number of aromatic nitrogens is 4. The normalized spacial score (nSPS) is 14.6. The van der Waals surface area contributed by atoms with Gasteiger partial charge in [0.25, 0.3) is 0 Å². The predicted octanol–water partition coefficient (Wildman–Crippen LogP) is 6.18. The van der Waals surface area contributed by atoms with Crippen molar-refractivity contribution >= 4 is 22.7 Å². The average molecular weight is 550 g/mol. The Bertz CT molecular complexity index is 1520. The van der Waals surface area contributed by atoms with Gasteiger partial charge in [-0.1, -0.05) is 24.2 Å². The minimum Gasteiger partial charge on any atom is -0.460 e. The molecule has 1 aliphatic heterocycles. The first kappa shape index (κ1) is 27.6. The second-order valence-electron chi connectivity index (χ2n) is 11.2. The van der Waals surface area contributed by atoms with Crippen molar-refractivity contribution in [1.29, 1.82) is 0 Å². The number of aryl methyl sites for hydroxylation is 1. The Kier molecular flexibility index (Phi) is 7.78. The summed E-state index contributed by atoms with van der Waals surface area (Å²) in [6, 6.07) is 7.16. The van der Waals surface area contributed by atoms with Gasteiger partial charge in [0.1, 0.15) is 29.4 Å². The molecule has 5 rings (SSSR count). The maximum absolute atomic E-state index is 15.3. The maximum atomic E-state index is 15.3. The van der Waals surface area contributed by atoms with Crippen molar-refractivity contribution in [3.63, 3.8) is 0 Å². The molecule has 10 heteroatoms. The van der Waals surface area contributed by atoms with Crippen LogP contribution in [0.25, 0.3) is 22.0 Å². The molecule has 1 fully saturated rings. The fourth-order valence-corrected chi connectivity index (χ4v) is 5.11. The minimum absolute atomic E-state index is 0.0651. The SMILES string of the molecule is CCCc1nc(C2CCN(c3ncnc4c(-c5ccc(CC(=O)OC(C)(C)C)cc5F)cc(F)cc34)CC2)no1. The number of hydrogen-bond donors (Lipinski definition) is 0. The first-order chi connectivity index (χ1) is 19.1. The lowest BCUT2D eigenvalue weighted by Gasteiger charge is -2.32. The van der Waals surface area contributed by atoms with Gasteiger partial charge in [-0.25, -0.2) is 18.7 Å². The highest BCUT2D eigenvalue weighted by molar-refractivity contribution is 5.99. The minimum atomic E-state index is -0.631. The Morgan fingerprint density at radius 3 is 2.58 bits per heavy atom. The molecule has 8 nitrogen and oxygen atoms in total. The van der Waals surface area contributed by atoms with Crippen molar-refractivity contribution in [2.75, 3.05) is 18.0 Å². The van der Waals surface area contributed by atoms with E-state index in [-0.39, 0.29) is 17.9 Å². The quantitative estimate of drug-likeness (QED) is 0.252. The van der Waals surface area contributed by atoms with Gasteiger partial charge < -0.3 is 14.2 Å². The van der Waals surface area contributed by atoms with Gasteiger partial charge in [-0.05, 0) is 63.8 Å². The molecule has 0 saturated carbocycles. The zero-order valence-electron chi connectivity index (χ0n) is 23.2.